The second-order valence-electron chi connectivity index (χ2n) is 3.98. The Morgan fingerprint density at radius 1 is 1.05 bits per heavy atom. The van der Waals surface area contributed by atoms with Gasteiger partial charge >= 0.3 is 0 Å². The van der Waals surface area contributed by atoms with Crippen molar-refractivity contribution < 1.29 is 9.84 Å². The lowest BCUT2D eigenvalue weighted by molar-refractivity contribution is 0.306. The highest BCUT2D eigenvalue weighted by Gasteiger charge is 2.06. The van der Waals surface area contributed by atoms with Gasteiger partial charge in [0.2, 0.25) is 0 Å². The van der Waals surface area contributed by atoms with Crippen molar-refractivity contribution in [1.29, 1.82) is 0 Å². The van der Waals surface area contributed by atoms with Crippen molar-refractivity contribution in [3.8, 4) is 17.6 Å². The van der Waals surface area contributed by atoms with Crippen molar-refractivity contribution in [1.82, 2.24) is 0 Å². The van der Waals surface area contributed by atoms with Gasteiger partial charge in [-0.05, 0) is 30.3 Å². The summed E-state index contributed by atoms with van der Waals surface area (Å²) in [5.74, 6) is 6.09. The molecule has 0 aliphatic rings. The summed E-state index contributed by atoms with van der Waals surface area (Å²) in [5, 5.41) is 9.83. The maximum atomic E-state index is 8.68. The van der Waals surface area contributed by atoms with Crippen LogP contribution < -0.4 is 4.74 Å². The van der Waals surface area contributed by atoms with Crippen LogP contribution in [0.15, 0.2) is 42.5 Å². The van der Waals surface area contributed by atoms with Gasteiger partial charge in [-0.15, -0.1) is 0 Å². The molecule has 102 valence electrons. The molecule has 0 fully saturated rings. The normalized spacial score (nSPS) is 9.75. The van der Waals surface area contributed by atoms with Crippen molar-refractivity contribution in [2.75, 3.05) is 6.61 Å². The van der Waals surface area contributed by atoms with Crippen LogP contribution in [-0.2, 0) is 6.61 Å². The van der Waals surface area contributed by atoms with Crippen molar-refractivity contribution in [3.05, 3.63) is 63.6 Å². The van der Waals surface area contributed by atoms with Crippen LogP contribution in [0, 0.1) is 11.8 Å². The van der Waals surface area contributed by atoms with Crippen LogP contribution in [0.2, 0.25) is 10.0 Å². The number of aliphatic hydroxyl groups is 1. The lowest BCUT2D eigenvalue weighted by Gasteiger charge is -2.09. The summed E-state index contributed by atoms with van der Waals surface area (Å²) in [6, 6.07) is 12.6. The second-order valence-corrected chi connectivity index (χ2v) is 4.79. The second kappa shape index (κ2) is 7.21. The van der Waals surface area contributed by atoms with E-state index in [0.29, 0.717) is 15.8 Å². The Kier molecular flexibility index (Phi) is 5.31. The molecule has 1 N–H and O–H groups in total. The molecule has 0 spiro atoms. The molecule has 0 heterocycles. The first-order valence-electron chi connectivity index (χ1n) is 5.96. The molecule has 0 aromatic heterocycles. The summed E-state index contributed by atoms with van der Waals surface area (Å²) in [5.41, 5.74) is 1.53. The quantitative estimate of drug-likeness (QED) is 0.871. The van der Waals surface area contributed by atoms with E-state index in [1.807, 2.05) is 18.2 Å². The molecule has 4 heteroatoms. The Hall–Kier alpha value is -1.66. The minimum atomic E-state index is -0.166. The fraction of sp³-hybridized carbons (Fsp3) is 0.125. The fourth-order valence-electron chi connectivity index (χ4n) is 1.63. The van der Waals surface area contributed by atoms with Gasteiger partial charge in [0.25, 0.3) is 0 Å². The number of aliphatic hydroxyl groups excluding tert-OH is 1. The average molecular weight is 307 g/mol. The third-order valence-corrected chi connectivity index (χ3v) is 3.30. The Morgan fingerprint density at radius 2 is 1.75 bits per heavy atom. The predicted octanol–water partition coefficient (Wildman–Crippen LogP) is 3.92. The summed E-state index contributed by atoms with van der Waals surface area (Å²) < 4.78 is 5.68. The molecule has 0 aliphatic carbocycles. The third-order valence-electron chi connectivity index (χ3n) is 2.59. The molecule has 0 amide bonds. The van der Waals surface area contributed by atoms with E-state index < -0.39 is 0 Å². The van der Waals surface area contributed by atoms with Gasteiger partial charge in [0.1, 0.15) is 19.0 Å². The van der Waals surface area contributed by atoms with Gasteiger partial charge in [-0.25, -0.2) is 0 Å². The van der Waals surface area contributed by atoms with Crippen molar-refractivity contribution in [2.24, 2.45) is 0 Å². The first-order valence-corrected chi connectivity index (χ1v) is 6.72. The Labute approximate surface area is 127 Å². The molecule has 2 rings (SSSR count). The first kappa shape index (κ1) is 14.7. The standard InChI is InChI=1S/C16H12Cl2O2/c17-15-7-2-8-16(18)14(15)11-20-13-6-1-4-12(10-13)5-3-9-19/h1-2,4,6-8,10,19H,9,11H2. The van der Waals surface area contributed by atoms with Gasteiger partial charge in [0, 0.05) is 21.2 Å². The number of hydrogen-bond acceptors (Lipinski definition) is 2. The summed E-state index contributed by atoms with van der Waals surface area (Å²) in [7, 11) is 0. The van der Waals surface area contributed by atoms with E-state index in [-0.39, 0.29) is 13.2 Å². The highest BCUT2D eigenvalue weighted by molar-refractivity contribution is 6.35. The SMILES string of the molecule is OCC#Cc1cccc(OCc2c(Cl)cccc2Cl)c1. The summed E-state index contributed by atoms with van der Waals surface area (Å²) in [6.07, 6.45) is 0. The molecular formula is C16H12Cl2O2. The van der Waals surface area contributed by atoms with E-state index in [9.17, 15) is 0 Å². The van der Waals surface area contributed by atoms with Crippen LogP contribution in [0.25, 0.3) is 0 Å². The highest BCUT2D eigenvalue weighted by Crippen LogP contribution is 2.26. The zero-order valence-electron chi connectivity index (χ0n) is 10.6. The van der Waals surface area contributed by atoms with Crippen LogP contribution in [0.5, 0.6) is 5.75 Å². The summed E-state index contributed by atoms with van der Waals surface area (Å²) in [6.45, 7) is 0.121. The summed E-state index contributed by atoms with van der Waals surface area (Å²) >= 11 is 12.2. The molecule has 0 saturated carbocycles. The monoisotopic (exact) mass is 306 g/mol. The lowest BCUT2D eigenvalue weighted by atomic mass is 10.2. The molecule has 2 aromatic rings. The maximum Gasteiger partial charge on any atom is 0.121 e. The van der Waals surface area contributed by atoms with Gasteiger partial charge in [-0.1, -0.05) is 47.2 Å². The Morgan fingerprint density at radius 3 is 2.45 bits per heavy atom. The molecule has 0 radical (unpaired) electrons. The van der Waals surface area contributed by atoms with Crippen LogP contribution in [0.1, 0.15) is 11.1 Å². The third kappa shape index (κ3) is 3.91. The van der Waals surface area contributed by atoms with Crippen LogP contribution in [0.4, 0.5) is 0 Å². The Bertz CT molecular complexity index is 637. The molecule has 0 aliphatic heterocycles. The van der Waals surface area contributed by atoms with Gasteiger partial charge in [-0.3, -0.25) is 0 Å². The largest absolute Gasteiger partial charge is 0.489 e. The molecule has 2 aromatic carbocycles. The molecule has 0 unspecified atom stereocenters. The van der Waals surface area contributed by atoms with E-state index in [4.69, 9.17) is 33.0 Å². The molecule has 0 atom stereocenters. The summed E-state index contributed by atoms with van der Waals surface area (Å²) in [4.78, 5) is 0. The highest BCUT2D eigenvalue weighted by atomic mass is 35.5. The van der Waals surface area contributed by atoms with Crippen LogP contribution in [0.3, 0.4) is 0 Å². The zero-order valence-corrected chi connectivity index (χ0v) is 12.1. The lowest BCUT2D eigenvalue weighted by Crippen LogP contribution is -1.97. The predicted molar refractivity (Wildman–Crippen MR) is 81.2 cm³/mol. The first-order chi connectivity index (χ1) is 9.70. The number of rotatable bonds is 3. The van der Waals surface area contributed by atoms with Gasteiger partial charge < -0.3 is 9.84 Å². The number of halogens is 2. The van der Waals surface area contributed by atoms with E-state index in [1.54, 1.807) is 24.3 Å². The smallest absolute Gasteiger partial charge is 0.121 e. The van der Waals surface area contributed by atoms with E-state index >= 15 is 0 Å². The topological polar surface area (TPSA) is 29.5 Å². The van der Waals surface area contributed by atoms with E-state index in [0.717, 1.165) is 11.1 Å². The van der Waals surface area contributed by atoms with Crippen molar-refractivity contribution in [3.63, 3.8) is 0 Å². The van der Waals surface area contributed by atoms with E-state index in [1.165, 1.54) is 0 Å². The molecule has 0 saturated heterocycles. The van der Waals surface area contributed by atoms with Crippen molar-refractivity contribution >= 4 is 23.2 Å². The minimum absolute atomic E-state index is 0.166. The molecule has 2 nitrogen and oxygen atoms in total. The van der Waals surface area contributed by atoms with Gasteiger partial charge in [0.05, 0.1) is 0 Å². The molecule has 0 bridgehead atoms. The Balaban J connectivity index is 2.11. The number of hydrogen-bond donors (Lipinski definition) is 1. The fourth-order valence-corrected chi connectivity index (χ4v) is 2.14. The van der Waals surface area contributed by atoms with Gasteiger partial charge in [-0.2, -0.15) is 0 Å². The maximum absolute atomic E-state index is 8.68. The zero-order chi connectivity index (χ0) is 14.4. The number of ether oxygens (including phenoxy) is 1. The molecular weight excluding hydrogens is 295 g/mol. The van der Waals surface area contributed by atoms with Gasteiger partial charge in [0.15, 0.2) is 0 Å². The molecule has 20 heavy (non-hydrogen) atoms. The van der Waals surface area contributed by atoms with Crippen LogP contribution >= 0.6 is 23.2 Å². The number of benzene rings is 2. The minimum Gasteiger partial charge on any atom is -0.489 e. The van der Waals surface area contributed by atoms with Crippen LogP contribution in [-0.4, -0.2) is 11.7 Å². The van der Waals surface area contributed by atoms with Crippen molar-refractivity contribution in [2.45, 2.75) is 6.61 Å². The van der Waals surface area contributed by atoms with E-state index in [2.05, 4.69) is 11.8 Å². The average Bonchev–Trinajstić information content (AvgIpc) is 2.45.